The smallest absolute Gasteiger partial charge is 0.311 e. The Balaban J connectivity index is 0.000000288. The number of hydrogen-bond acceptors (Lipinski definition) is 8. The van der Waals surface area contributed by atoms with Gasteiger partial charge in [0.1, 0.15) is 11.2 Å². The summed E-state index contributed by atoms with van der Waals surface area (Å²) in [6, 6.07) is 0. The largest absolute Gasteiger partial charge is 0.465 e. The minimum absolute atomic E-state index is 0.133. The Labute approximate surface area is 323 Å². The van der Waals surface area contributed by atoms with Crippen molar-refractivity contribution in [2.75, 3.05) is 13.2 Å². The molecule has 0 radical (unpaired) electrons. The first kappa shape index (κ1) is 45.3. The molecular formula is C45H78O8. The molecule has 306 valence electrons. The van der Waals surface area contributed by atoms with E-state index in [2.05, 4.69) is 27.7 Å². The third-order valence-electron chi connectivity index (χ3n) is 14.4. The molecule has 5 saturated carbocycles. The van der Waals surface area contributed by atoms with Crippen molar-refractivity contribution in [3.8, 4) is 0 Å². The highest BCUT2D eigenvalue weighted by atomic mass is 16.6. The lowest BCUT2D eigenvalue weighted by molar-refractivity contribution is -0.205. The summed E-state index contributed by atoms with van der Waals surface area (Å²) in [6.45, 7) is 20.7. The molecule has 4 bridgehead atoms. The second-order valence-corrected chi connectivity index (χ2v) is 18.8. The van der Waals surface area contributed by atoms with Gasteiger partial charge in [-0.15, -0.1) is 0 Å². The zero-order valence-corrected chi connectivity index (χ0v) is 35.6. The summed E-state index contributed by atoms with van der Waals surface area (Å²) in [4.78, 5) is 49.0. The van der Waals surface area contributed by atoms with Gasteiger partial charge in [0, 0.05) is 18.3 Å². The molecular weight excluding hydrogens is 668 g/mol. The van der Waals surface area contributed by atoms with Gasteiger partial charge in [0.2, 0.25) is 0 Å². The van der Waals surface area contributed by atoms with E-state index in [0.29, 0.717) is 31.6 Å². The Morgan fingerprint density at radius 2 is 0.981 bits per heavy atom. The number of ether oxygens (including phenoxy) is 4. The van der Waals surface area contributed by atoms with E-state index >= 15 is 0 Å². The molecule has 5 rings (SSSR count). The summed E-state index contributed by atoms with van der Waals surface area (Å²) in [6.07, 6.45) is 19.8. The summed E-state index contributed by atoms with van der Waals surface area (Å²) in [7, 11) is 0. The van der Waals surface area contributed by atoms with E-state index in [1.54, 1.807) is 0 Å². The van der Waals surface area contributed by atoms with E-state index in [0.717, 1.165) is 49.9 Å². The molecule has 53 heavy (non-hydrogen) atoms. The first-order chi connectivity index (χ1) is 24.9. The first-order valence-corrected chi connectivity index (χ1v) is 21.7. The van der Waals surface area contributed by atoms with Gasteiger partial charge in [0.15, 0.2) is 0 Å². The van der Waals surface area contributed by atoms with Crippen LogP contribution in [-0.2, 0) is 38.1 Å². The van der Waals surface area contributed by atoms with Gasteiger partial charge in [0.25, 0.3) is 0 Å². The van der Waals surface area contributed by atoms with Crippen molar-refractivity contribution in [2.45, 2.75) is 209 Å². The average molecular weight is 747 g/mol. The van der Waals surface area contributed by atoms with Crippen LogP contribution in [0.2, 0.25) is 0 Å². The van der Waals surface area contributed by atoms with E-state index in [4.69, 9.17) is 18.9 Å². The van der Waals surface area contributed by atoms with Crippen LogP contribution in [0.4, 0.5) is 0 Å². The third kappa shape index (κ3) is 11.7. The zero-order chi connectivity index (χ0) is 39.5. The van der Waals surface area contributed by atoms with Gasteiger partial charge in [-0.25, -0.2) is 0 Å². The number of carbonyl (C=O) groups excluding carboxylic acids is 4. The summed E-state index contributed by atoms with van der Waals surface area (Å²) >= 11 is 0. The molecule has 0 spiro atoms. The lowest BCUT2D eigenvalue weighted by atomic mass is 9.45. The van der Waals surface area contributed by atoms with E-state index in [-0.39, 0.29) is 53.7 Å². The van der Waals surface area contributed by atoms with E-state index in [9.17, 15) is 19.2 Å². The summed E-state index contributed by atoms with van der Waals surface area (Å²) in [5.41, 5.74) is -1.40. The molecule has 5 aliphatic rings. The quantitative estimate of drug-likeness (QED) is 0.0731. The molecule has 8 nitrogen and oxygen atoms in total. The summed E-state index contributed by atoms with van der Waals surface area (Å²) < 4.78 is 22.8. The van der Waals surface area contributed by atoms with Crippen molar-refractivity contribution >= 4 is 23.9 Å². The molecule has 5 fully saturated rings. The monoisotopic (exact) mass is 747 g/mol. The maximum atomic E-state index is 12.6. The van der Waals surface area contributed by atoms with Crippen molar-refractivity contribution in [1.82, 2.24) is 0 Å². The van der Waals surface area contributed by atoms with E-state index in [1.165, 1.54) is 70.6 Å². The molecule has 1 atom stereocenters. The Kier molecular flexibility index (Phi) is 16.8. The predicted molar refractivity (Wildman–Crippen MR) is 210 cm³/mol. The van der Waals surface area contributed by atoms with Gasteiger partial charge in [-0.3, -0.25) is 19.2 Å². The SMILES string of the molecule is CCC(C)(C)C(=O)OCCCC(=O)OC(C)(CC)C12CC3CC(CC(C3)C1)C2.CCC(C)(C)C(=O)OCCCC(=O)OC(CC)(CC)C1CCCCC1. The van der Waals surface area contributed by atoms with Crippen LogP contribution >= 0.6 is 0 Å². The zero-order valence-electron chi connectivity index (χ0n) is 35.6. The van der Waals surface area contributed by atoms with Crippen LogP contribution in [0, 0.1) is 39.9 Å². The molecule has 5 aliphatic carbocycles. The number of rotatable bonds is 19. The van der Waals surface area contributed by atoms with Gasteiger partial charge in [-0.05, 0) is 155 Å². The normalized spacial score (nSPS) is 25.4. The Bertz CT molecular complexity index is 1160. The van der Waals surface area contributed by atoms with E-state index < -0.39 is 10.8 Å². The molecule has 0 aromatic heterocycles. The summed E-state index contributed by atoms with van der Waals surface area (Å²) in [5.74, 6) is 2.36. The van der Waals surface area contributed by atoms with Crippen molar-refractivity contribution in [2.24, 2.45) is 39.9 Å². The summed E-state index contributed by atoms with van der Waals surface area (Å²) in [5, 5.41) is 0. The molecule has 1 unspecified atom stereocenters. The van der Waals surface area contributed by atoms with Crippen molar-refractivity contribution in [3.05, 3.63) is 0 Å². The highest BCUT2D eigenvalue weighted by Crippen LogP contribution is 2.65. The minimum Gasteiger partial charge on any atom is -0.465 e. The fourth-order valence-electron chi connectivity index (χ4n) is 10.0. The second-order valence-electron chi connectivity index (χ2n) is 18.8. The van der Waals surface area contributed by atoms with Crippen LogP contribution in [0.3, 0.4) is 0 Å². The first-order valence-electron chi connectivity index (χ1n) is 21.7. The highest BCUT2D eigenvalue weighted by molar-refractivity contribution is 5.76. The third-order valence-corrected chi connectivity index (χ3v) is 14.4. The maximum absolute atomic E-state index is 12.6. The van der Waals surface area contributed by atoms with Crippen LogP contribution < -0.4 is 0 Å². The standard InChI is InChI=1S/C24H40O4.C21H38O4/c1-6-22(3,4)21(26)27-10-8-9-20(25)28-23(5,7-2)24-14-17-11-18(15-24)13-19(12-17)16-24;1-6-20(4,5)19(23)24-16-12-15-18(22)25-21(7-2,8-3)17-13-10-9-11-14-17/h17-19H,6-16H2,1-5H3;17H,6-16H2,1-5H3. The van der Waals surface area contributed by atoms with Crippen molar-refractivity contribution < 1.29 is 38.1 Å². The lowest BCUT2D eigenvalue weighted by Gasteiger charge is -2.62. The molecule has 8 heteroatoms. The van der Waals surface area contributed by atoms with Gasteiger partial charge < -0.3 is 18.9 Å². The Morgan fingerprint density at radius 1 is 0.566 bits per heavy atom. The molecule has 0 aliphatic heterocycles. The van der Waals surface area contributed by atoms with Crippen molar-refractivity contribution in [3.63, 3.8) is 0 Å². The predicted octanol–water partition coefficient (Wildman–Crippen LogP) is 11.1. The maximum Gasteiger partial charge on any atom is 0.311 e. The van der Waals surface area contributed by atoms with Crippen LogP contribution in [0.5, 0.6) is 0 Å². The van der Waals surface area contributed by atoms with Crippen molar-refractivity contribution in [1.29, 1.82) is 0 Å². The van der Waals surface area contributed by atoms with Crippen LogP contribution in [0.1, 0.15) is 198 Å². The highest BCUT2D eigenvalue weighted by Gasteiger charge is 2.59. The van der Waals surface area contributed by atoms with Gasteiger partial charge in [-0.1, -0.05) is 53.9 Å². The van der Waals surface area contributed by atoms with Gasteiger partial charge >= 0.3 is 23.9 Å². The van der Waals surface area contributed by atoms with Crippen LogP contribution in [0.15, 0.2) is 0 Å². The molecule has 0 N–H and O–H groups in total. The number of esters is 4. The topological polar surface area (TPSA) is 105 Å². The Morgan fingerprint density at radius 3 is 1.36 bits per heavy atom. The number of carbonyl (C=O) groups is 4. The van der Waals surface area contributed by atoms with Gasteiger partial charge in [0.05, 0.1) is 24.0 Å². The number of hydrogen-bond donors (Lipinski definition) is 0. The average Bonchev–Trinajstić information content (AvgIpc) is 3.13. The van der Waals surface area contributed by atoms with E-state index in [1.807, 2.05) is 41.5 Å². The molecule has 0 saturated heterocycles. The second kappa shape index (κ2) is 19.6. The fourth-order valence-corrected chi connectivity index (χ4v) is 10.0. The molecule has 0 aromatic carbocycles. The van der Waals surface area contributed by atoms with Crippen LogP contribution in [0.25, 0.3) is 0 Å². The molecule has 0 heterocycles. The van der Waals surface area contributed by atoms with Crippen LogP contribution in [-0.4, -0.2) is 48.3 Å². The molecule has 0 aromatic rings. The fraction of sp³-hybridized carbons (Fsp3) is 0.911. The minimum atomic E-state index is -0.459. The van der Waals surface area contributed by atoms with Gasteiger partial charge in [-0.2, -0.15) is 0 Å². The lowest BCUT2D eigenvalue weighted by Crippen LogP contribution is -2.58. The Hall–Kier alpha value is -2.12. The molecule has 0 amide bonds.